The Labute approximate surface area is 194 Å². The maximum absolute atomic E-state index is 12.3. The number of likely N-dealkylation sites (tertiary alicyclic amines) is 1. The molecule has 2 N–H and O–H groups in total. The van der Waals surface area contributed by atoms with Gasteiger partial charge in [0.1, 0.15) is 0 Å². The average Bonchev–Trinajstić information content (AvgIpc) is 3.30. The molecule has 1 saturated heterocycles. The van der Waals surface area contributed by atoms with E-state index in [2.05, 4.69) is 37.9 Å². The summed E-state index contributed by atoms with van der Waals surface area (Å²) in [6, 6.07) is 10.3. The smallest absolute Gasteiger partial charge is 0.228 e. The first-order valence-electron chi connectivity index (χ1n) is 10.3. The number of hydrogen-bond acceptors (Lipinski definition) is 5. The summed E-state index contributed by atoms with van der Waals surface area (Å²) in [5.41, 5.74) is 1.26. The average molecular weight is 526 g/mol. The summed E-state index contributed by atoms with van der Waals surface area (Å²) in [5.74, 6) is 2.49. The molecule has 1 aliphatic rings. The topological polar surface area (TPSA) is 95.7 Å². The molecule has 0 aliphatic carbocycles. The standard InChI is InChI=1S/C21H30N6O2.HI/c1-3-22-21(23-11-9-19-25-16(2)26-29-19)24-14-18-13-20(28)27(15-18)12-10-17-7-5-4-6-8-17;/h4-8,18H,3,9-15H2,1-2H3,(H2,22,23,24);1H. The lowest BCUT2D eigenvalue weighted by Crippen LogP contribution is -2.38. The SMILES string of the molecule is CCNC(=NCC1CC(=O)N(CCc2ccccc2)C1)NCCc1nc(C)no1.I. The van der Waals surface area contributed by atoms with Crippen molar-refractivity contribution in [3.05, 3.63) is 47.6 Å². The predicted molar refractivity (Wildman–Crippen MR) is 127 cm³/mol. The van der Waals surface area contributed by atoms with Crippen molar-refractivity contribution in [1.29, 1.82) is 0 Å². The number of aryl methyl sites for hydroxylation is 1. The minimum Gasteiger partial charge on any atom is -0.357 e. The second-order valence-electron chi connectivity index (χ2n) is 7.28. The van der Waals surface area contributed by atoms with Gasteiger partial charge in [-0.25, -0.2) is 0 Å². The van der Waals surface area contributed by atoms with Gasteiger partial charge in [-0.15, -0.1) is 24.0 Å². The zero-order valence-electron chi connectivity index (χ0n) is 17.6. The van der Waals surface area contributed by atoms with Crippen LogP contribution < -0.4 is 10.6 Å². The molecule has 30 heavy (non-hydrogen) atoms. The molecule has 164 valence electrons. The predicted octanol–water partition coefficient (Wildman–Crippen LogP) is 2.18. The lowest BCUT2D eigenvalue weighted by atomic mass is 10.1. The van der Waals surface area contributed by atoms with Crippen LogP contribution in [0.4, 0.5) is 0 Å². The Morgan fingerprint density at radius 2 is 2.07 bits per heavy atom. The maximum Gasteiger partial charge on any atom is 0.228 e. The second-order valence-corrected chi connectivity index (χ2v) is 7.28. The Morgan fingerprint density at radius 1 is 1.27 bits per heavy atom. The quantitative estimate of drug-likeness (QED) is 0.296. The highest BCUT2D eigenvalue weighted by Crippen LogP contribution is 2.18. The zero-order chi connectivity index (χ0) is 20.5. The van der Waals surface area contributed by atoms with Crippen molar-refractivity contribution in [3.8, 4) is 0 Å². The Morgan fingerprint density at radius 3 is 2.77 bits per heavy atom. The molecule has 0 spiro atoms. The van der Waals surface area contributed by atoms with Crippen molar-refractivity contribution in [2.24, 2.45) is 10.9 Å². The van der Waals surface area contributed by atoms with Gasteiger partial charge in [-0.1, -0.05) is 35.5 Å². The van der Waals surface area contributed by atoms with Gasteiger partial charge in [0.25, 0.3) is 0 Å². The third kappa shape index (κ3) is 7.58. The molecule has 1 aromatic heterocycles. The molecule has 1 unspecified atom stereocenters. The molecule has 9 heteroatoms. The van der Waals surface area contributed by atoms with E-state index in [0.717, 1.165) is 32.0 Å². The largest absolute Gasteiger partial charge is 0.357 e. The van der Waals surface area contributed by atoms with E-state index >= 15 is 0 Å². The highest BCUT2D eigenvalue weighted by atomic mass is 127. The van der Waals surface area contributed by atoms with Crippen molar-refractivity contribution < 1.29 is 9.32 Å². The lowest BCUT2D eigenvalue weighted by Gasteiger charge is -2.16. The molecule has 0 saturated carbocycles. The van der Waals surface area contributed by atoms with Crippen LogP contribution in [0.25, 0.3) is 0 Å². The van der Waals surface area contributed by atoms with Crippen LogP contribution in [0.2, 0.25) is 0 Å². The molecule has 0 bridgehead atoms. The van der Waals surface area contributed by atoms with Gasteiger partial charge >= 0.3 is 0 Å². The highest BCUT2D eigenvalue weighted by Gasteiger charge is 2.29. The summed E-state index contributed by atoms with van der Waals surface area (Å²) in [6.07, 6.45) is 2.10. The van der Waals surface area contributed by atoms with Crippen LogP contribution >= 0.6 is 24.0 Å². The number of nitrogens with zero attached hydrogens (tertiary/aromatic N) is 4. The summed E-state index contributed by atoms with van der Waals surface area (Å²) in [7, 11) is 0. The molecule has 1 amide bonds. The molecular weight excluding hydrogens is 495 g/mol. The van der Waals surface area contributed by atoms with Crippen molar-refractivity contribution in [3.63, 3.8) is 0 Å². The number of guanidine groups is 1. The molecule has 1 aliphatic heterocycles. The summed E-state index contributed by atoms with van der Waals surface area (Å²) >= 11 is 0. The van der Waals surface area contributed by atoms with Crippen molar-refractivity contribution in [1.82, 2.24) is 25.7 Å². The van der Waals surface area contributed by atoms with Crippen LogP contribution in [-0.4, -0.2) is 59.6 Å². The van der Waals surface area contributed by atoms with Crippen molar-refractivity contribution in [2.75, 3.05) is 32.7 Å². The zero-order valence-corrected chi connectivity index (χ0v) is 20.0. The number of hydrogen-bond donors (Lipinski definition) is 2. The van der Waals surface area contributed by atoms with E-state index in [1.165, 1.54) is 5.56 Å². The molecule has 2 heterocycles. The summed E-state index contributed by atoms with van der Waals surface area (Å²) < 4.78 is 5.12. The fourth-order valence-electron chi connectivity index (χ4n) is 3.39. The van der Waals surface area contributed by atoms with Crippen molar-refractivity contribution in [2.45, 2.75) is 33.1 Å². The fraction of sp³-hybridized carbons (Fsp3) is 0.524. The van der Waals surface area contributed by atoms with Crippen LogP contribution in [0.15, 0.2) is 39.8 Å². The Kier molecular flexibility index (Phi) is 10.0. The van der Waals surface area contributed by atoms with E-state index in [-0.39, 0.29) is 35.8 Å². The van der Waals surface area contributed by atoms with E-state index in [9.17, 15) is 4.79 Å². The number of aliphatic imine (C=N–C) groups is 1. The van der Waals surface area contributed by atoms with E-state index in [0.29, 0.717) is 37.6 Å². The number of amides is 1. The molecule has 8 nitrogen and oxygen atoms in total. The normalized spacial score (nSPS) is 16.5. The molecule has 0 radical (unpaired) electrons. The number of carbonyl (C=O) groups excluding carboxylic acids is 1. The van der Waals surface area contributed by atoms with E-state index in [1.54, 1.807) is 6.92 Å². The molecule has 2 aromatic rings. The lowest BCUT2D eigenvalue weighted by molar-refractivity contribution is -0.127. The van der Waals surface area contributed by atoms with Crippen LogP contribution in [0, 0.1) is 12.8 Å². The van der Waals surface area contributed by atoms with Crippen LogP contribution in [0.3, 0.4) is 0 Å². The molecule has 3 rings (SSSR count). The van der Waals surface area contributed by atoms with Gasteiger partial charge in [0.2, 0.25) is 11.8 Å². The van der Waals surface area contributed by atoms with Crippen LogP contribution in [0.1, 0.15) is 30.6 Å². The van der Waals surface area contributed by atoms with Gasteiger partial charge < -0.3 is 20.1 Å². The minimum absolute atomic E-state index is 0. The molecular formula is C21H31IN6O2. The first-order chi connectivity index (χ1) is 14.1. The van der Waals surface area contributed by atoms with Gasteiger partial charge in [-0.3, -0.25) is 9.79 Å². The van der Waals surface area contributed by atoms with E-state index < -0.39 is 0 Å². The number of carbonyl (C=O) groups is 1. The molecule has 1 atom stereocenters. The van der Waals surface area contributed by atoms with Gasteiger partial charge in [0.05, 0.1) is 0 Å². The van der Waals surface area contributed by atoms with Gasteiger partial charge in [-0.2, -0.15) is 4.98 Å². The Bertz CT molecular complexity index is 811. The number of benzene rings is 1. The minimum atomic E-state index is 0. The summed E-state index contributed by atoms with van der Waals surface area (Å²) in [4.78, 5) is 23.2. The second kappa shape index (κ2) is 12.5. The molecule has 1 fully saturated rings. The number of aromatic nitrogens is 2. The summed E-state index contributed by atoms with van der Waals surface area (Å²) in [6.45, 7) is 7.43. The first-order valence-corrected chi connectivity index (χ1v) is 10.3. The molecule has 1 aromatic carbocycles. The third-order valence-electron chi connectivity index (χ3n) is 4.86. The number of halogens is 1. The summed E-state index contributed by atoms with van der Waals surface area (Å²) in [5, 5.41) is 10.3. The van der Waals surface area contributed by atoms with Gasteiger partial charge in [-0.05, 0) is 25.8 Å². The number of nitrogens with one attached hydrogen (secondary N) is 2. The van der Waals surface area contributed by atoms with Crippen LogP contribution in [0.5, 0.6) is 0 Å². The van der Waals surface area contributed by atoms with E-state index in [1.807, 2.05) is 30.0 Å². The van der Waals surface area contributed by atoms with Crippen LogP contribution in [-0.2, 0) is 17.6 Å². The fourth-order valence-corrected chi connectivity index (χ4v) is 3.39. The van der Waals surface area contributed by atoms with Gasteiger partial charge in [0, 0.05) is 51.5 Å². The van der Waals surface area contributed by atoms with Crippen molar-refractivity contribution >= 4 is 35.8 Å². The van der Waals surface area contributed by atoms with E-state index in [4.69, 9.17) is 4.52 Å². The van der Waals surface area contributed by atoms with Gasteiger partial charge in [0.15, 0.2) is 11.8 Å². The first kappa shape index (κ1) is 24.1. The third-order valence-corrected chi connectivity index (χ3v) is 4.86. The monoisotopic (exact) mass is 526 g/mol. The maximum atomic E-state index is 12.3. The number of rotatable bonds is 9. The Balaban J connectivity index is 0.00000320. The Hall–Kier alpha value is -2.17. The highest BCUT2D eigenvalue weighted by molar-refractivity contribution is 14.0.